The molecule has 4 aromatic heterocycles. The van der Waals surface area contributed by atoms with Gasteiger partial charge in [0.15, 0.2) is 6.39 Å². The van der Waals surface area contributed by atoms with Gasteiger partial charge in [-0.3, -0.25) is 19.0 Å². The number of hydrogen-bond acceptors (Lipinski definition) is 10. The van der Waals surface area contributed by atoms with Gasteiger partial charge in [-0.25, -0.2) is 9.78 Å². The number of thiophene rings is 1. The van der Waals surface area contributed by atoms with Crippen molar-refractivity contribution in [3.05, 3.63) is 73.9 Å². The van der Waals surface area contributed by atoms with Crippen LogP contribution in [0.4, 0.5) is 5.82 Å². The van der Waals surface area contributed by atoms with Gasteiger partial charge in [-0.1, -0.05) is 32.4 Å². The molecule has 0 aliphatic rings. The predicted octanol–water partition coefficient (Wildman–Crippen LogP) is 4.38. The highest BCUT2D eigenvalue weighted by Crippen LogP contribution is 2.28. The van der Waals surface area contributed by atoms with Crippen LogP contribution in [0, 0.1) is 5.41 Å². The zero-order chi connectivity index (χ0) is 27.6. The van der Waals surface area contributed by atoms with Crippen LogP contribution < -0.4 is 10.9 Å². The summed E-state index contributed by atoms with van der Waals surface area (Å²) in [6.45, 7) is 5.23. The van der Waals surface area contributed by atoms with Crippen LogP contribution in [0.3, 0.4) is 0 Å². The molecule has 4 aromatic rings. The van der Waals surface area contributed by atoms with Gasteiger partial charge in [0.05, 0.1) is 30.2 Å². The van der Waals surface area contributed by atoms with Gasteiger partial charge in [-0.2, -0.15) is 9.78 Å². The molecule has 198 valence electrons. The molecule has 0 aliphatic heterocycles. The van der Waals surface area contributed by atoms with Gasteiger partial charge in [0.25, 0.3) is 11.5 Å². The van der Waals surface area contributed by atoms with Crippen molar-refractivity contribution < 1.29 is 23.5 Å². The van der Waals surface area contributed by atoms with Crippen LogP contribution in [0.15, 0.2) is 52.2 Å². The molecule has 4 rings (SSSR count). The molecule has 38 heavy (non-hydrogen) atoms. The van der Waals surface area contributed by atoms with Gasteiger partial charge >= 0.3 is 5.97 Å². The molecule has 0 radical (unpaired) electrons. The predicted molar refractivity (Wildman–Crippen MR) is 141 cm³/mol. The number of esters is 1. The van der Waals surface area contributed by atoms with Crippen LogP contribution in [0.5, 0.6) is 0 Å². The number of rotatable bonds is 8. The Hall–Kier alpha value is -4.03. The molecule has 1 N–H and O–H groups in total. The van der Waals surface area contributed by atoms with Gasteiger partial charge in [-0.05, 0) is 18.2 Å². The van der Waals surface area contributed by atoms with E-state index in [2.05, 4.69) is 15.4 Å². The number of nitrogens with zero attached hydrogens (tertiary/aromatic N) is 4. The van der Waals surface area contributed by atoms with E-state index >= 15 is 0 Å². The molecule has 11 nitrogen and oxygen atoms in total. The zero-order valence-corrected chi connectivity index (χ0v) is 22.6. The Morgan fingerprint density at radius 2 is 1.95 bits per heavy atom. The van der Waals surface area contributed by atoms with Crippen molar-refractivity contribution in [1.29, 1.82) is 0 Å². The van der Waals surface area contributed by atoms with Crippen molar-refractivity contribution >= 4 is 46.4 Å². The molecule has 0 spiro atoms. The summed E-state index contributed by atoms with van der Waals surface area (Å²) in [7, 11) is 1.17. The van der Waals surface area contributed by atoms with Crippen molar-refractivity contribution in [3.63, 3.8) is 0 Å². The summed E-state index contributed by atoms with van der Waals surface area (Å²) < 4.78 is 12.5. The summed E-state index contributed by atoms with van der Waals surface area (Å²) in [6.07, 6.45) is 2.24. The summed E-state index contributed by atoms with van der Waals surface area (Å²) in [5, 5.41) is 7.65. The summed E-state index contributed by atoms with van der Waals surface area (Å²) >= 11 is 7.43. The largest absolute Gasteiger partial charge is 0.464 e. The molecule has 4 heterocycles. The number of ether oxygens (including phenoxy) is 1. The monoisotopic (exact) mass is 557 g/mol. The average molecular weight is 558 g/mol. The van der Waals surface area contributed by atoms with Crippen LogP contribution >= 0.6 is 22.9 Å². The molecular formula is C25H24ClN5O6S. The first-order valence-electron chi connectivity index (χ1n) is 11.4. The highest BCUT2D eigenvalue weighted by molar-refractivity contribution is 7.16. The maximum atomic E-state index is 13.2. The average Bonchev–Trinajstić information content (AvgIpc) is 3.63. The Morgan fingerprint density at radius 3 is 2.55 bits per heavy atom. The Kier molecular flexibility index (Phi) is 7.65. The maximum Gasteiger partial charge on any atom is 0.354 e. The van der Waals surface area contributed by atoms with E-state index in [1.807, 2.05) is 6.07 Å². The minimum atomic E-state index is -0.824. The lowest BCUT2D eigenvalue weighted by Gasteiger charge is -2.18. The number of hydrogen-bond donors (Lipinski definition) is 1. The van der Waals surface area contributed by atoms with Crippen molar-refractivity contribution in [2.45, 2.75) is 33.9 Å². The van der Waals surface area contributed by atoms with E-state index in [1.54, 1.807) is 32.9 Å². The van der Waals surface area contributed by atoms with Crippen molar-refractivity contribution in [2.24, 2.45) is 5.41 Å². The van der Waals surface area contributed by atoms with E-state index in [0.29, 0.717) is 16.7 Å². The summed E-state index contributed by atoms with van der Waals surface area (Å²) in [5.41, 5.74) is -1.01. The molecule has 0 atom stereocenters. The zero-order valence-electron chi connectivity index (χ0n) is 21.0. The summed E-state index contributed by atoms with van der Waals surface area (Å²) in [6, 6.07) is 7.89. The molecule has 0 saturated carbocycles. The molecule has 0 unspecified atom stereocenters. The van der Waals surface area contributed by atoms with Crippen molar-refractivity contribution in [3.8, 4) is 11.3 Å². The minimum absolute atomic E-state index is 0.0129. The topological polar surface area (TPSA) is 138 Å². The van der Waals surface area contributed by atoms with E-state index in [0.717, 1.165) is 22.1 Å². The number of Topliss-reactive ketones (excluding diaryl/α,β-unsaturated/α-hetero) is 1. The van der Waals surface area contributed by atoms with Crippen LogP contribution in [-0.2, 0) is 17.8 Å². The fourth-order valence-corrected chi connectivity index (χ4v) is 4.53. The van der Waals surface area contributed by atoms with Crippen molar-refractivity contribution in [1.82, 2.24) is 19.3 Å². The molecular weight excluding hydrogens is 534 g/mol. The smallest absolute Gasteiger partial charge is 0.354 e. The number of anilines is 1. The van der Waals surface area contributed by atoms with Gasteiger partial charge < -0.3 is 14.5 Å². The van der Waals surface area contributed by atoms with E-state index in [9.17, 15) is 19.2 Å². The maximum absolute atomic E-state index is 13.2. The Bertz CT molecular complexity index is 1560. The second-order valence-electron chi connectivity index (χ2n) is 9.28. The normalized spacial score (nSPS) is 11.4. The number of nitrogens with one attached hydrogen (secondary N) is 1. The minimum Gasteiger partial charge on any atom is -0.464 e. The first-order valence-corrected chi connectivity index (χ1v) is 12.6. The lowest BCUT2D eigenvalue weighted by atomic mass is 9.96. The number of carbonyl (C=O) groups is 3. The Labute approximate surface area is 226 Å². The van der Waals surface area contributed by atoms with E-state index < -0.39 is 29.3 Å². The van der Waals surface area contributed by atoms with E-state index in [1.165, 1.54) is 35.3 Å². The highest BCUT2D eigenvalue weighted by Gasteiger charge is 2.28. The Morgan fingerprint density at radius 1 is 1.18 bits per heavy atom. The van der Waals surface area contributed by atoms with Gasteiger partial charge in [-0.15, -0.1) is 11.3 Å². The van der Waals surface area contributed by atoms with Gasteiger partial charge in [0, 0.05) is 28.0 Å². The third-order valence-corrected chi connectivity index (χ3v) is 6.69. The van der Waals surface area contributed by atoms with E-state index in [-0.39, 0.29) is 28.6 Å². The lowest BCUT2D eigenvalue weighted by molar-refractivity contribution is 0.0586. The van der Waals surface area contributed by atoms with Gasteiger partial charge in [0.1, 0.15) is 23.5 Å². The first-order chi connectivity index (χ1) is 18.0. The first kappa shape index (κ1) is 27.0. The molecule has 0 amide bonds. The number of aromatic nitrogens is 4. The number of pyridine rings is 1. The second kappa shape index (κ2) is 10.8. The third-order valence-electron chi connectivity index (χ3n) is 5.45. The number of oxazole rings is 1. The third kappa shape index (κ3) is 5.76. The summed E-state index contributed by atoms with van der Waals surface area (Å²) in [5.74, 6) is -1.24. The lowest BCUT2D eigenvalue weighted by Crippen LogP contribution is -2.30. The van der Waals surface area contributed by atoms with Crippen LogP contribution in [-0.4, -0.2) is 44.1 Å². The standard InChI is InChI=1S/C25H24ClN5O6S/c1-25(2,3)24(35)31-21(27-10-15-5-6-20(26)38-15)9-16(29-31)14-7-18(23(34)36-4)30(22(33)8-14)11-19(32)17-12-37-13-28-17/h5-9,12-13,27H,10-11H2,1-4H3. The van der Waals surface area contributed by atoms with Crippen LogP contribution in [0.2, 0.25) is 4.34 Å². The van der Waals surface area contributed by atoms with Gasteiger partial charge in [0.2, 0.25) is 5.78 Å². The number of halogens is 1. The van der Waals surface area contributed by atoms with Crippen LogP contribution in [0.1, 0.15) is 51.4 Å². The molecule has 0 aliphatic carbocycles. The SMILES string of the molecule is COC(=O)c1cc(-c2cc(NCc3ccc(Cl)s3)n(C(=O)C(C)(C)C)n2)cc(=O)n1CC(=O)c1cocn1. The molecule has 0 bridgehead atoms. The van der Waals surface area contributed by atoms with E-state index in [4.69, 9.17) is 20.8 Å². The molecule has 0 fully saturated rings. The second-order valence-corrected chi connectivity index (χ2v) is 11.1. The highest BCUT2D eigenvalue weighted by atomic mass is 35.5. The van der Waals surface area contributed by atoms with Crippen molar-refractivity contribution in [2.75, 3.05) is 12.4 Å². The number of ketones is 1. The molecule has 13 heteroatoms. The molecule has 0 aromatic carbocycles. The fraction of sp³-hybridized carbons (Fsp3) is 0.280. The quantitative estimate of drug-likeness (QED) is 0.247. The number of carbonyl (C=O) groups excluding carboxylic acids is 3. The molecule has 0 saturated heterocycles. The fourth-order valence-electron chi connectivity index (χ4n) is 3.50. The summed E-state index contributed by atoms with van der Waals surface area (Å²) in [4.78, 5) is 56.1. The number of methoxy groups -OCH3 is 1. The van der Waals surface area contributed by atoms with Crippen LogP contribution in [0.25, 0.3) is 11.3 Å². The Balaban J connectivity index is 1.75.